The molecule has 1 fully saturated rings. The monoisotopic (exact) mass is 1540 g/mol. The number of primary amides is 1. The highest BCUT2D eigenvalue weighted by atomic mass is 31.2. The van der Waals surface area contributed by atoms with Gasteiger partial charge in [-0.15, -0.1) is 0 Å². The average Bonchev–Trinajstić information content (AvgIpc) is 1.37. The summed E-state index contributed by atoms with van der Waals surface area (Å²) in [6, 6.07) is 1.84. The number of benzene rings is 3. The van der Waals surface area contributed by atoms with Crippen LogP contribution < -0.4 is 75.3 Å². The molecule has 3 aromatic carbocycles. The van der Waals surface area contributed by atoms with Gasteiger partial charge >= 0.3 is 20.1 Å². The number of nitrogens with zero attached hydrogens (tertiary/aromatic N) is 1. The second kappa shape index (κ2) is 43.1. The van der Waals surface area contributed by atoms with Crippen LogP contribution in [-0.4, -0.2) is 228 Å². The van der Waals surface area contributed by atoms with Gasteiger partial charge in [0.1, 0.15) is 90.9 Å². The molecule has 0 aliphatic carbocycles. The number of carbonyl (C=O) groups is 16. The Morgan fingerprint density at radius 2 is 0.926 bits per heavy atom. The summed E-state index contributed by atoms with van der Waals surface area (Å²) in [5, 5.41) is 58.2. The molecule has 22 N–H and O–H groups in total. The number of aliphatic carboxylic acids is 2. The van der Waals surface area contributed by atoms with E-state index in [1.54, 1.807) is 67.6 Å². The van der Waals surface area contributed by atoms with Gasteiger partial charge in [0.15, 0.2) is 0 Å². The third kappa shape index (κ3) is 29.9. The number of likely N-dealkylation sites (tertiary alicyclic amines) is 1. The Balaban J connectivity index is 1.62. The molecule has 0 radical (unpaired) electrons. The van der Waals surface area contributed by atoms with E-state index >= 15 is 0 Å². The van der Waals surface area contributed by atoms with Crippen LogP contribution in [0.5, 0.6) is 5.75 Å². The number of carbonyl (C=O) groups excluding carboxylic acids is 14. The van der Waals surface area contributed by atoms with Gasteiger partial charge in [-0.05, 0) is 87.6 Å². The zero-order valence-electron chi connectivity index (χ0n) is 60.9. The third-order valence-corrected chi connectivity index (χ3v) is 17.8. The van der Waals surface area contributed by atoms with E-state index in [4.69, 9.17) is 16.0 Å². The lowest BCUT2D eigenvalue weighted by atomic mass is 9.97. The summed E-state index contributed by atoms with van der Waals surface area (Å²) in [6.07, 6.45) is -2.63. The lowest BCUT2D eigenvalue weighted by molar-refractivity contribution is -0.143. The molecule has 1 saturated heterocycles. The van der Waals surface area contributed by atoms with E-state index in [1.165, 1.54) is 77.6 Å². The molecule has 0 bridgehead atoms. The Bertz CT molecular complexity index is 3670. The van der Waals surface area contributed by atoms with Crippen molar-refractivity contribution in [1.29, 1.82) is 0 Å². The number of carboxylic acid groups (broad SMARTS) is 2. The van der Waals surface area contributed by atoms with Gasteiger partial charge in [0.05, 0.1) is 13.0 Å². The molecule has 1 heterocycles. The molecule has 0 spiro atoms. The van der Waals surface area contributed by atoms with Crippen molar-refractivity contribution in [3.63, 3.8) is 0 Å². The van der Waals surface area contributed by atoms with Crippen LogP contribution in [0.3, 0.4) is 0 Å². The van der Waals surface area contributed by atoms with E-state index in [1.807, 2.05) is 0 Å². The first-order valence-corrected chi connectivity index (χ1v) is 36.2. The van der Waals surface area contributed by atoms with Crippen molar-refractivity contribution in [2.24, 2.45) is 23.3 Å². The Morgan fingerprint density at radius 3 is 1.44 bits per heavy atom. The summed E-state index contributed by atoms with van der Waals surface area (Å²) in [5.74, 6) is -19.0. The smallest absolute Gasteiger partial charge is 0.508 e. The Morgan fingerprint density at radius 1 is 0.500 bits per heavy atom. The van der Waals surface area contributed by atoms with Gasteiger partial charge < -0.3 is 95.5 Å². The first-order chi connectivity index (χ1) is 50.7. The predicted octanol–water partition coefficient (Wildman–Crippen LogP) is -4.54. The highest BCUT2D eigenvalue weighted by Gasteiger charge is 2.43. The van der Waals surface area contributed by atoms with Gasteiger partial charge in [-0.3, -0.25) is 76.7 Å². The van der Waals surface area contributed by atoms with Crippen LogP contribution in [0.15, 0.2) is 84.9 Å². The Hall–Kier alpha value is -10.8. The molecule has 108 heavy (non-hydrogen) atoms. The molecule has 14 amide bonds. The van der Waals surface area contributed by atoms with Crippen LogP contribution in [0.2, 0.25) is 0 Å². The molecular formula is C69H99N15O23P+. The summed E-state index contributed by atoms with van der Waals surface area (Å²) in [6.45, 7) is 9.31. The number of aromatic hydroxyl groups is 1. The van der Waals surface area contributed by atoms with E-state index in [0.29, 0.717) is 16.7 Å². The topological polar surface area (TPSA) is 603 Å². The normalized spacial score (nSPS) is 16.3. The maximum atomic E-state index is 15.0. The summed E-state index contributed by atoms with van der Waals surface area (Å²) < 4.78 is 4.75. The van der Waals surface area contributed by atoms with Gasteiger partial charge in [0.25, 0.3) is 0 Å². The molecule has 39 heteroatoms. The second-order valence-corrected chi connectivity index (χ2v) is 27.6. The first kappa shape index (κ1) is 89.6. The number of phenolic OH excluding ortho intramolecular Hbond substituents is 1. The Kier molecular flexibility index (Phi) is 35.8. The van der Waals surface area contributed by atoms with Crippen LogP contribution in [0.1, 0.15) is 111 Å². The van der Waals surface area contributed by atoms with E-state index in [9.17, 15) is 107 Å². The van der Waals surface area contributed by atoms with E-state index in [0.717, 1.165) is 0 Å². The molecule has 1 aliphatic heterocycles. The van der Waals surface area contributed by atoms with Gasteiger partial charge in [0.2, 0.25) is 82.7 Å². The predicted molar refractivity (Wildman–Crippen MR) is 384 cm³/mol. The molecule has 38 nitrogen and oxygen atoms in total. The summed E-state index contributed by atoms with van der Waals surface area (Å²) >= 11 is 0. The standard InChI is InChI=1S/C69H98N15O23P/c1-9-36(4)56(83-63(96)48(32-54(88)89)78-62(95)47(30-43-22-24-44(85)25-23-43)77-59(92)39(7)73-57(90)37(5)72-53(87)33-70)67(100)81-50(34-107-108(104,105)106)64(97)76-45(26-27-52(71)86)60(93)82-55(35(2)3)66(99)80-49(31-42-19-14-11-15-20-42)68(101)84-28-16-21-51(84)65(98)79-46(29-41-17-12-10-13-18-41)61(94)74-38(6)58(91)75-40(8)69(102)103/h10-15,17-20,22-25,35-40,45-51,55-56,104-106H,9,16,21,26-34,70H2,1-8H3,(H16-,71,72,73,74,75,76,77,78,79,80,81,82,83,85,86,87,88,89,90,91,92,93,94,95,96,97,98,99,100,102,103)/p+1/t36-,37-,38-,39-,40-,45-,46-,47-,48-,49-,50-,51-,55-,56-/m0/s1. The van der Waals surface area contributed by atoms with Crippen molar-refractivity contribution < 1.29 is 111 Å². The largest absolute Gasteiger partial charge is 0.567 e. The summed E-state index contributed by atoms with van der Waals surface area (Å²) in [7, 11) is -5.28. The summed E-state index contributed by atoms with van der Waals surface area (Å²) in [5.41, 5.74) is 12.2. The first-order valence-electron chi connectivity index (χ1n) is 34.7. The van der Waals surface area contributed by atoms with Crippen LogP contribution in [0.25, 0.3) is 0 Å². The van der Waals surface area contributed by atoms with Gasteiger partial charge in [-0.25, -0.2) is 0 Å². The maximum Gasteiger partial charge on any atom is 0.567 e. The quantitative estimate of drug-likeness (QED) is 0.0237. The van der Waals surface area contributed by atoms with Gasteiger partial charge in [-0.2, -0.15) is 19.2 Å². The van der Waals surface area contributed by atoms with E-state index in [-0.39, 0.29) is 50.8 Å². The zero-order chi connectivity index (χ0) is 80.9. The fourth-order valence-electron chi connectivity index (χ4n) is 10.9. The molecule has 592 valence electrons. The van der Waals surface area contributed by atoms with Crippen molar-refractivity contribution in [2.45, 2.75) is 192 Å². The fraction of sp³-hybridized carbons (Fsp3) is 0.507. The molecular weight excluding hydrogens is 1440 g/mol. The minimum atomic E-state index is -5.28. The molecule has 3 aromatic rings. The molecule has 0 unspecified atom stereocenters. The van der Waals surface area contributed by atoms with Crippen LogP contribution in [-0.2, 0) is 100 Å². The number of nitrogens with two attached hydrogens (primary N) is 2. The van der Waals surface area contributed by atoms with Crippen molar-refractivity contribution in [2.75, 3.05) is 19.7 Å². The number of phenols is 1. The van der Waals surface area contributed by atoms with Crippen LogP contribution >= 0.6 is 8.17 Å². The van der Waals surface area contributed by atoms with E-state index < -0.39 is 226 Å². The van der Waals surface area contributed by atoms with Crippen molar-refractivity contribution in [3.05, 3.63) is 102 Å². The molecule has 1 aliphatic rings. The number of amides is 14. The molecule has 14 atom stereocenters. The average molecular weight is 1540 g/mol. The fourth-order valence-corrected chi connectivity index (χ4v) is 11.3. The number of nitrogens with one attached hydrogen (secondary N) is 12. The number of hydrogen-bond acceptors (Lipinski definition) is 22. The van der Waals surface area contributed by atoms with E-state index in [2.05, 4.69) is 63.8 Å². The molecule has 0 saturated carbocycles. The highest BCUT2D eigenvalue weighted by molar-refractivity contribution is 7.53. The lowest BCUT2D eigenvalue weighted by Gasteiger charge is -2.32. The van der Waals surface area contributed by atoms with Crippen LogP contribution in [0.4, 0.5) is 0 Å². The zero-order valence-corrected chi connectivity index (χ0v) is 61.8. The molecule has 4 rings (SSSR count). The minimum Gasteiger partial charge on any atom is -0.508 e. The minimum absolute atomic E-state index is 0.00919. The third-order valence-electron chi connectivity index (χ3n) is 17.3. The SMILES string of the molecule is CC[C@H](C)[C@H](NC(=O)[C@H](CC(=O)O)NC(=O)[C@H](Cc1ccc(O)cc1)NC(=O)[C@H](C)NC(=O)[C@H](C)NC(=O)CN)C(=O)N[C@@H](CO[P+](O)(O)O)C(=O)N[C@@H](CCC(N)=O)C(=O)N[C@H](C(=O)N[C@@H](Cc1ccccc1)C(=O)N1CCC[C@H]1C(=O)N[C@@H](Cc1ccccc1)C(=O)N[C@@H](C)C(=O)N[C@@H](C)C(=O)O)C(C)C. The van der Waals surface area contributed by atoms with Gasteiger partial charge in [-0.1, -0.05) is 107 Å². The molecule has 0 aromatic heterocycles. The van der Waals surface area contributed by atoms with Crippen LogP contribution in [0, 0.1) is 11.8 Å². The lowest BCUT2D eigenvalue weighted by Crippen LogP contribution is -2.62. The summed E-state index contributed by atoms with van der Waals surface area (Å²) in [4.78, 5) is 248. The number of hydrogen-bond donors (Lipinski definition) is 20. The Labute approximate surface area is 622 Å². The number of carboxylic acids is 2. The maximum absolute atomic E-state index is 15.0. The highest BCUT2D eigenvalue weighted by Crippen LogP contribution is 2.45. The van der Waals surface area contributed by atoms with Gasteiger partial charge in [0, 0.05) is 32.2 Å². The van der Waals surface area contributed by atoms with Crippen molar-refractivity contribution >= 4 is 103 Å². The van der Waals surface area contributed by atoms with Crippen molar-refractivity contribution in [3.8, 4) is 5.75 Å². The second-order valence-electron chi connectivity index (χ2n) is 26.3. The number of rotatable bonds is 43. The van der Waals surface area contributed by atoms with Crippen molar-refractivity contribution in [1.82, 2.24) is 68.7 Å².